The maximum Gasteiger partial charge on any atom is 0.283 e. The highest BCUT2D eigenvalue weighted by molar-refractivity contribution is 8.00. The van der Waals surface area contributed by atoms with E-state index in [2.05, 4.69) is 10.6 Å². The fraction of sp³-hybridized carbons (Fsp3) is 0.0357. The van der Waals surface area contributed by atoms with E-state index in [4.69, 9.17) is 0 Å². The number of amides is 2. The van der Waals surface area contributed by atoms with Crippen LogP contribution < -0.4 is 10.6 Å². The van der Waals surface area contributed by atoms with E-state index >= 15 is 0 Å². The van der Waals surface area contributed by atoms with Gasteiger partial charge in [0.15, 0.2) is 0 Å². The van der Waals surface area contributed by atoms with Gasteiger partial charge in [-0.25, -0.2) is 0 Å². The van der Waals surface area contributed by atoms with Crippen molar-refractivity contribution < 1.29 is 14.5 Å². The van der Waals surface area contributed by atoms with Crippen LogP contribution in [0.5, 0.6) is 0 Å². The summed E-state index contributed by atoms with van der Waals surface area (Å²) in [6, 6.07) is 28.2. The normalized spacial score (nSPS) is 10.9. The van der Waals surface area contributed by atoms with Crippen LogP contribution in [0.3, 0.4) is 0 Å². The average Bonchev–Trinajstić information content (AvgIpc) is 2.91. The Hall–Kier alpha value is -4.94. The van der Waals surface area contributed by atoms with E-state index in [1.165, 1.54) is 18.2 Å². The van der Waals surface area contributed by atoms with Gasteiger partial charge >= 0.3 is 0 Å². The number of carbonyl (C=O) groups excluding carboxylic acids is 2. The van der Waals surface area contributed by atoms with E-state index in [1.807, 2.05) is 42.5 Å². The van der Waals surface area contributed by atoms with Gasteiger partial charge in [0.25, 0.3) is 11.6 Å². The average molecular weight is 509 g/mol. The third-order valence-electron chi connectivity index (χ3n) is 5.28. The molecule has 0 unspecified atom stereocenters. The van der Waals surface area contributed by atoms with Crippen molar-refractivity contribution >= 4 is 57.5 Å². The SMILES string of the molecule is N#C/C(=C\c1ccc(SCC(=O)Nc2ccc3ccccc3c2)c([N+](=O)[O-])c1)C(=O)Nc1ccccc1. The highest BCUT2D eigenvalue weighted by Gasteiger charge is 2.17. The molecular formula is C28H20N4O4S. The smallest absolute Gasteiger partial charge is 0.283 e. The fourth-order valence-electron chi connectivity index (χ4n) is 3.53. The molecule has 0 bridgehead atoms. The van der Waals surface area contributed by atoms with Gasteiger partial charge < -0.3 is 10.6 Å². The Labute approximate surface area is 216 Å². The van der Waals surface area contributed by atoms with E-state index in [0.717, 1.165) is 22.5 Å². The van der Waals surface area contributed by atoms with Gasteiger partial charge in [0.05, 0.1) is 15.6 Å². The standard InChI is InChI=1S/C28H20N4O4S/c29-17-22(28(34)31-23-8-2-1-3-9-23)14-19-10-13-26(25(15-19)32(35)36)37-18-27(33)30-24-12-11-20-6-4-5-7-21(20)16-24/h1-16H,18H2,(H,30,33)(H,31,34)/b22-14+. The number of anilines is 2. The zero-order valence-corrected chi connectivity index (χ0v) is 20.2. The molecule has 182 valence electrons. The lowest BCUT2D eigenvalue weighted by Crippen LogP contribution is -2.14. The number of hydrogen-bond acceptors (Lipinski definition) is 6. The zero-order valence-electron chi connectivity index (χ0n) is 19.4. The molecule has 4 aromatic rings. The predicted octanol–water partition coefficient (Wildman–Crippen LogP) is 6.02. The van der Waals surface area contributed by atoms with E-state index in [9.17, 15) is 25.0 Å². The number of hydrogen-bond donors (Lipinski definition) is 2. The summed E-state index contributed by atoms with van der Waals surface area (Å²) < 4.78 is 0. The Morgan fingerprint density at radius 2 is 1.62 bits per heavy atom. The second kappa shape index (κ2) is 11.7. The van der Waals surface area contributed by atoms with Crippen molar-refractivity contribution in [3.63, 3.8) is 0 Å². The summed E-state index contributed by atoms with van der Waals surface area (Å²) in [5, 5.41) is 28.6. The molecule has 0 fully saturated rings. The predicted molar refractivity (Wildman–Crippen MR) is 145 cm³/mol. The number of nitrogens with one attached hydrogen (secondary N) is 2. The molecule has 4 aromatic carbocycles. The molecule has 0 spiro atoms. The van der Waals surface area contributed by atoms with Crippen molar-refractivity contribution in [3.05, 3.63) is 112 Å². The molecule has 0 saturated carbocycles. The quantitative estimate of drug-likeness (QED) is 0.0985. The van der Waals surface area contributed by atoms with Gasteiger partial charge in [0, 0.05) is 17.4 Å². The third-order valence-corrected chi connectivity index (χ3v) is 6.34. The molecule has 0 atom stereocenters. The summed E-state index contributed by atoms with van der Waals surface area (Å²) in [7, 11) is 0. The molecule has 2 N–H and O–H groups in total. The summed E-state index contributed by atoms with van der Waals surface area (Å²) in [5.74, 6) is -0.964. The van der Waals surface area contributed by atoms with Gasteiger partial charge in [-0.05, 0) is 52.7 Å². The largest absolute Gasteiger partial charge is 0.325 e. The van der Waals surface area contributed by atoms with Gasteiger partial charge in [0.1, 0.15) is 11.6 Å². The van der Waals surface area contributed by atoms with Crippen molar-refractivity contribution in [2.75, 3.05) is 16.4 Å². The Balaban J connectivity index is 1.45. The molecule has 4 rings (SSSR count). The molecule has 0 aliphatic heterocycles. The number of fused-ring (bicyclic) bond motifs is 1. The maximum atomic E-state index is 12.5. The maximum absolute atomic E-state index is 12.5. The first-order valence-corrected chi connectivity index (χ1v) is 12.1. The minimum absolute atomic E-state index is 0.0359. The minimum Gasteiger partial charge on any atom is -0.325 e. The Morgan fingerprint density at radius 3 is 2.35 bits per heavy atom. The van der Waals surface area contributed by atoms with Crippen molar-refractivity contribution in [1.82, 2.24) is 0 Å². The molecule has 2 amide bonds. The van der Waals surface area contributed by atoms with Gasteiger partial charge in [-0.3, -0.25) is 19.7 Å². The topological polar surface area (TPSA) is 125 Å². The molecule has 0 aliphatic rings. The summed E-state index contributed by atoms with van der Waals surface area (Å²) in [4.78, 5) is 36.4. The number of carbonyl (C=O) groups is 2. The second-order valence-electron chi connectivity index (χ2n) is 7.87. The molecule has 0 radical (unpaired) electrons. The highest BCUT2D eigenvalue weighted by Crippen LogP contribution is 2.31. The second-order valence-corrected chi connectivity index (χ2v) is 8.89. The summed E-state index contributed by atoms with van der Waals surface area (Å²) in [6.45, 7) is 0. The van der Waals surface area contributed by atoms with Crippen molar-refractivity contribution in [2.45, 2.75) is 4.90 Å². The van der Waals surface area contributed by atoms with Crippen LogP contribution in [0.15, 0.2) is 101 Å². The van der Waals surface area contributed by atoms with Crippen LogP contribution in [-0.4, -0.2) is 22.5 Å². The van der Waals surface area contributed by atoms with Crippen LogP contribution in [-0.2, 0) is 9.59 Å². The van der Waals surface area contributed by atoms with Gasteiger partial charge in [-0.2, -0.15) is 5.26 Å². The number of thioether (sulfide) groups is 1. The van der Waals surface area contributed by atoms with E-state index in [-0.39, 0.29) is 22.9 Å². The van der Waals surface area contributed by atoms with Crippen LogP contribution in [0.25, 0.3) is 16.8 Å². The van der Waals surface area contributed by atoms with Crippen molar-refractivity contribution in [3.8, 4) is 6.07 Å². The first-order valence-electron chi connectivity index (χ1n) is 11.1. The third kappa shape index (κ3) is 6.60. The van der Waals surface area contributed by atoms with Gasteiger partial charge in [0.2, 0.25) is 5.91 Å². The molecular weight excluding hydrogens is 488 g/mol. The van der Waals surface area contributed by atoms with E-state index in [0.29, 0.717) is 21.8 Å². The lowest BCUT2D eigenvalue weighted by atomic mass is 10.1. The number of rotatable bonds is 8. The molecule has 9 heteroatoms. The Bertz CT molecular complexity index is 1560. The molecule has 8 nitrogen and oxygen atoms in total. The van der Waals surface area contributed by atoms with E-state index < -0.39 is 10.8 Å². The first-order chi connectivity index (χ1) is 17.9. The van der Waals surface area contributed by atoms with Crippen LogP contribution >= 0.6 is 11.8 Å². The van der Waals surface area contributed by atoms with E-state index in [1.54, 1.807) is 42.5 Å². The summed E-state index contributed by atoms with van der Waals surface area (Å²) >= 11 is 1.03. The number of nitrogens with zero attached hydrogens (tertiary/aromatic N) is 2. The molecule has 0 heterocycles. The zero-order chi connectivity index (χ0) is 26.2. The lowest BCUT2D eigenvalue weighted by Gasteiger charge is -2.08. The molecule has 0 saturated heterocycles. The number of para-hydroxylation sites is 1. The first kappa shape index (κ1) is 25.2. The van der Waals surface area contributed by atoms with Crippen LogP contribution in [0.4, 0.5) is 17.1 Å². The van der Waals surface area contributed by atoms with Crippen LogP contribution in [0.2, 0.25) is 0 Å². The fourth-order valence-corrected chi connectivity index (χ4v) is 4.34. The van der Waals surface area contributed by atoms with Crippen LogP contribution in [0, 0.1) is 21.4 Å². The molecule has 0 aromatic heterocycles. The Morgan fingerprint density at radius 1 is 0.892 bits per heavy atom. The number of nitro groups is 1. The monoisotopic (exact) mass is 508 g/mol. The molecule has 0 aliphatic carbocycles. The van der Waals surface area contributed by atoms with Crippen molar-refractivity contribution in [2.24, 2.45) is 0 Å². The Kier molecular flexibility index (Phi) is 7.93. The molecule has 37 heavy (non-hydrogen) atoms. The summed E-state index contributed by atoms with van der Waals surface area (Å²) in [5.41, 5.74) is 1.05. The minimum atomic E-state index is -0.625. The van der Waals surface area contributed by atoms with Crippen molar-refractivity contribution in [1.29, 1.82) is 5.26 Å². The number of nitro benzene ring substituents is 1. The summed E-state index contributed by atoms with van der Waals surface area (Å²) in [6.07, 6.45) is 1.28. The number of nitriles is 1. The van der Waals surface area contributed by atoms with Crippen LogP contribution in [0.1, 0.15) is 5.56 Å². The number of benzene rings is 4. The van der Waals surface area contributed by atoms with Gasteiger partial charge in [-0.1, -0.05) is 54.6 Å². The lowest BCUT2D eigenvalue weighted by molar-refractivity contribution is -0.387. The highest BCUT2D eigenvalue weighted by atomic mass is 32.2. The van der Waals surface area contributed by atoms with Gasteiger partial charge in [-0.15, -0.1) is 11.8 Å².